The Morgan fingerprint density at radius 3 is 1.61 bits per heavy atom. The molecule has 0 saturated heterocycles. The topological polar surface area (TPSA) is 25.8 Å². The van der Waals surface area contributed by atoms with Crippen molar-refractivity contribution >= 4 is 89.5 Å². The lowest BCUT2D eigenvalue weighted by Gasteiger charge is -2.23. The van der Waals surface area contributed by atoms with Crippen molar-refractivity contribution in [2.45, 2.75) is 0 Å². The zero-order valence-corrected chi connectivity index (χ0v) is 21.5. The second kappa shape index (κ2) is 8.19. The van der Waals surface area contributed by atoms with E-state index in [0.29, 0.717) is 20.5 Å². The van der Waals surface area contributed by atoms with Crippen LogP contribution < -0.4 is 0 Å². The molecule has 2 heterocycles. The summed E-state index contributed by atoms with van der Waals surface area (Å²) in [7, 11) is 0. The molecule has 172 valence electrons. The van der Waals surface area contributed by atoms with Crippen LogP contribution in [-0.4, -0.2) is 9.97 Å². The lowest BCUT2D eigenvalue weighted by atomic mass is 9.84. The quantitative estimate of drug-likeness (QED) is 0.123. The van der Waals surface area contributed by atoms with Crippen molar-refractivity contribution in [3.05, 3.63) is 105 Å². The fraction of sp³-hybridized carbons (Fsp3) is 0. The molecule has 0 spiro atoms. The monoisotopic (exact) mass is 542 g/mol. The van der Waals surface area contributed by atoms with Gasteiger partial charge in [0.25, 0.3) is 0 Å². The number of benzene rings is 5. The van der Waals surface area contributed by atoms with Crippen LogP contribution in [0.3, 0.4) is 0 Å². The highest BCUT2D eigenvalue weighted by Crippen LogP contribution is 2.55. The van der Waals surface area contributed by atoms with Gasteiger partial charge in [0.2, 0.25) is 0 Å². The molecule has 0 bridgehead atoms. The number of fused-ring (bicyclic) bond motifs is 2. The Morgan fingerprint density at radius 2 is 1.00 bits per heavy atom. The maximum Gasteiger partial charge on any atom is 0.0791 e. The largest absolute Gasteiger partial charge is 0.256 e. The summed E-state index contributed by atoms with van der Waals surface area (Å²) in [5, 5.41) is 9.05. The van der Waals surface area contributed by atoms with E-state index >= 15 is 0 Å². The van der Waals surface area contributed by atoms with Gasteiger partial charge in [0.05, 0.1) is 31.5 Å². The van der Waals surface area contributed by atoms with Crippen LogP contribution >= 0.6 is 46.4 Å². The van der Waals surface area contributed by atoms with E-state index in [0.717, 1.165) is 60.2 Å². The van der Waals surface area contributed by atoms with Crippen LogP contribution in [0.1, 0.15) is 0 Å². The van der Waals surface area contributed by atoms with Crippen molar-refractivity contribution in [1.82, 2.24) is 9.97 Å². The predicted molar refractivity (Wildman–Crippen MR) is 154 cm³/mol. The molecule has 0 amide bonds. The summed E-state index contributed by atoms with van der Waals surface area (Å²) >= 11 is 27.9. The Balaban J connectivity index is 1.92. The first kappa shape index (κ1) is 22.1. The van der Waals surface area contributed by atoms with E-state index in [1.54, 1.807) is 12.4 Å². The number of pyridine rings is 2. The first-order chi connectivity index (χ1) is 17.6. The van der Waals surface area contributed by atoms with E-state index in [2.05, 4.69) is 35.3 Å². The summed E-state index contributed by atoms with van der Waals surface area (Å²) in [4.78, 5) is 9.42. The molecule has 7 rings (SSSR count). The third-order valence-corrected chi connectivity index (χ3v) is 8.50. The van der Waals surface area contributed by atoms with E-state index < -0.39 is 0 Å². The minimum absolute atomic E-state index is 0.280. The predicted octanol–water partition coefficient (Wildman–Crippen LogP) is 10.5. The molecule has 0 fully saturated rings. The molecule has 6 heteroatoms. The van der Waals surface area contributed by atoms with E-state index in [9.17, 15) is 0 Å². The normalized spacial score (nSPS) is 11.9. The van der Waals surface area contributed by atoms with Gasteiger partial charge in [-0.25, -0.2) is 0 Å². The third-order valence-electron chi connectivity index (χ3n) is 6.80. The maximum atomic E-state index is 7.26. The van der Waals surface area contributed by atoms with Crippen LogP contribution in [0.4, 0.5) is 0 Å². The highest BCUT2D eigenvalue weighted by molar-refractivity contribution is 6.58. The van der Waals surface area contributed by atoms with Crippen molar-refractivity contribution < 1.29 is 0 Å². The van der Waals surface area contributed by atoms with Crippen LogP contribution in [0.15, 0.2) is 85.2 Å². The average Bonchev–Trinajstić information content (AvgIpc) is 2.92. The fourth-order valence-corrected chi connectivity index (χ4v) is 6.64. The number of rotatable bonds is 2. The van der Waals surface area contributed by atoms with Crippen LogP contribution in [-0.2, 0) is 0 Å². The fourth-order valence-electron chi connectivity index (χ4n) is 5.40. The molecule has 7 aromatic rings. The van der Waals surface area contributed by atoms with E-state index in [1.165, 1.54) is 0 Å². The van der Waals surface area contributed by atoms with Crippen LogP contribution in [0.5, 0.6) is 0 Å². The summed E-state index contributed by atoms with van der Waals surface area (Å²) < 4.78 is 0. The van der Waals surface area contributed by atoms with E-state index in [1.807, 2.05) is 42.5 Å². The average molecular weight is 544 g/mol. The Labute approximate surface area is 226 Å². The number of nitrogens with zero attached hydrogens (tertiary/aromatic N) is 2. The summed E-state index contributed by atoms with van der Waals surface area (Å²) in [5.41, 5.74) is 3.13. The lowest BCUT2D eigenvalue weighted by molar-refractivity contribution is 1.31. The molecular weight excluding hydrogens is 530 g/mol. The van der Waals surface area contributed by atoms with Crippen molar-refractivity contribution in [3.8, 4) is 22.5 Å². The Hall–Kier alpha value is -3.14. The van der Waals surface area contributed by atoms with Crippen LogP contribution in [0.2, 0.25) is 20.1 Å². The van der Waals surface area contributed by atoms with Gasteiger partial charge in [-0.15, -0.1) is 0 Å². The third kappa shape index (κ3) is 2.93. The van der Waals surface area contributed by atoms with Gasteiger partial charge in [0.1, 0.15) is 0 Å². The summed E-state index contributed by atoms with van der Waals surface area (Å²) in [6.45, 7) is 0. The molecule has 2 aromatic heterocycles. The van der Waals surface area contributed by atoms with Gasteiger partial charge < -0.3 is 0 Å². The molecule has 0 atom stereocenters. The summed E-state index contributed by atoms with van der Waals surface area (Å²) in [6.07, 6.45) is 3.53. The summed E-state index contributed by atoms with van der Waals surface area (Å²) in [6, 6.07) is 24.1. The smallest absolute Gasteiger partial charge is 0.0791 e. The lowest BCUT2D eigenvalue weighted by Crippen LogP contribution is -1.98. The molecule has 0 radical (unpaired) electrons. The number of aromatic nitrogens is 2. The van der Waals surface area contributed by atoms with Gasteiger partial charge in [0.15, 0.2) is 0 Å². The Bertz CT molecular complexity index is 1960. The Kier molecular flexibility index (Phi) is 5.03. The minimum Gasteiger partial charge on any atom is -0.256 e. The SMILES string of the molecule is Clc1c(Cl)c2c(Cl)c(-c3ccccn3)c(-c3ccccn3)c3c4cccc5cccc(c(c1Cl)c23)c54. The van der Waals surface area contributed by atoms with Gasteiger partial charge in [-0.05, 0) is 45.8 Å². The van der Waals surface area contributed by atoms with E-state index in [4.69, 9.17) is 51.4 Å². The zero-order chi connectivity index (χ0) is 24.6. The molecule has 0 aliphatic carbocycles. The second-order valence-corrected chi connectivity index (χ2v) is 10.2. The van der Waals surface area contributed by atoms with Crippen molar-refractivity contribution in [2.24, 2.45) is 0 Å². The van der Waals surface area contributed by atoms with Gasteiger partial charge in [-0.1, -0.05) is 94.9 Å². The van der Waals surface area contributed by atoms with Crippen LogP contribution in [0, 0.1) is 0 Å². The highest BCUT2D eigenvalue weighted by Gasteiger charge is 2.28. The molecule has 0 saturated carbocycles. The molecular formula is C30H14Cl4N2. The zero-order valence-electron chi connectivity index (χ0n) is 18.5. The number of halogens is 4. The van der Waals surface area contributed by atoms with Gasteiger partial charge in [-0.2, -0.15) is 0 Å². The molecule has 0 aliphatic rings. The minimum atomic E-state index is 0.280. The molecule has 2 nitrogen and oxygen atoms in total. The standard InChI is InChI=1S/C30H14Cl4N2/c31-27-24(19-12-2-4-14-36-19)23(18-11-1-3-13-35-18)21-16-9-5-7-15-8-6-10-17(20(15)16)22-25(21)26(27)29(33)30(34)28(22)32/h1-14H. The molecule has 36 heavy (non-hydrogen) atoms. The molecule has 0 unspecified atom stereocenters. The summed E-state index contributed by atoms with van der Waals surface area (Å²) in [5.74, 6) is 0. The Morgan fingerprint density at radius 1 is 0.417 bits per heavy atom. The van der Waals surface area contributed by atoms with Crippen LogP contribution in [0.25, 0.3) is 65.6 Å². The van der Waals surface area contributed by atoms with Gasteiger partial charge >= 0.3 is 0 Å². The maximum absolute atomic E-state index is 7.26. The molecule has 0 N–H and O–H groups in total. The van der Waals surface area contributed by atoms with Gasteiger partial charge in [-0.3, -0.25) is 9.97 Å². The first-order valence-electron chi connectivity index (χ1n) is 11.3. The van der Waals surface area contributed by atoms with Crippen molar-refractivity contribution in [2.75, 3.05) is 0 Å². The number of hydrogen-bond acceptors (Lipinski definition) is 2. The van der Waals surface area contributed by atoms with E-state index in [-0.39, 0.29) is 5.02 Å². The van der Waals surface area contributed by atoms with Gasteiger partial charge in [0, 0.05) is 45.1 Å². The highest BCUT2D eigenvalue weighted by atomic mass is 35.5. The van der Waals surface area contributed by atoms with Crippen molar-refractivity contribution in [3.63, 3.8) is 0 Å². The molecule has 5 aromatic carbocycles. The molecule has 0 aliphatic heterocycles. The first-order valence-corrected chi connectivity index (χ1v) is 12.8. The van der Waals surface area contributed by atoms with Crippen molar-refractivity contribution in [1.29, 1.82) is 0 Å². The number of hydrogen-bond donors (Lipinski definition) is 0. The second-order valence-electron chi connectivity index (χ2n) is 8.65.